The molecule has 0 bridgehead atoms. The van der Waals surface area contributed by atoms with Crippen LogP contribution in [0.4, 0.5) is 5.69 Å². The monoisotopic (exact) mass is 372 g/mol. The Balaban J connectivity index is 1.62. The highest BCUT2D eigenvalue weighted by Gasteiger charge is 2.03. The lowest BCUT2D eigenvalue weighted by molar-refractivity contribution is -0.118. The fraction of sp³-hybridized carbons (Fsp3) is 0.381. The van der Waals surface area contributed by atoms with Crippen LogP contribution in [0.25, 0.3) is 0 Å². The normalized spacial score (nSPS) is 10.4. The first-order valence-corrected chi connectivity index (χ1v) is 9.95. The highest BCUT2D eigenvalue weighted by atomic mass is 32.2. The summed E-state index contributed by atoms with van der Waals surface area (Å²) in [5, 5.41) is 2.99. The fourth-order valence-corrected chi connectivity index (χ4v) is 3.21. The topological polar surface area (TPSA) is 41.6 Å². The molecule has 140 valence electrons. The lowest BCUT2D eigenvalue weighted by Crippen LogP contribution is -2.26. The van der Waals surface area contributed by atoms with Crippen LogP contribution in [0.2, 0.25) is 0 Å². The molecule has 0 aliphatic heterocycles. The van der Waals surface area contributed by atoms with Gasteiger partial charge < -0.3 is 15.0 Å². The highest BCUT2D eigenvalue weighted by molar-refractivity contribution is 8.00. The van der Waals surface area contributed by atoms with Gasteiger partial charge in [0.15, 0.2) is 0 Å². The molecule has 4 nitrogen and oxygen atoms in total. The second kappa shape index (κ2) is 10.8. The van der Waals surface area contributed by atoms with E-state index >= 15 is 0 Å². The molecule has 2 aromatic rings. The SMILES string of the molecule is CCOc1ccc(SCC(=O)NCCCc2ccc(N(C)C)cc2)cc1. The Labute approximate surface area is 160 Å². The molecule has 1 N–H and O–H groups in total. The van der Waals surface area contributed by atoms with E-state index in [4.69, 9.17) is 4.74 Å². The zero-order valence-corrected chi connectivity index (χ0v) is 16.6. The standard InChI is InChI=1S/C21H28N2O2S/c1-4-25-19-11-13-20(14-12-19)26-16-21(24)22-15-5-6-17-7-9-18(10-8-17)23(2)3/h7-14H,4-6,15-16H2,1-3H3,(H,22,24). The number of amides is 1. The molecule has 2 aromatic carbocycles. The van der Waals surface area contributed by atoms with E-state index in [1.807, 2.05) is 45.3 Å². The van der Waals surface area contributed by atoms with E-state index in [1.165, 1.54) is 11.3 Å². The first-order chi connectivity index (χ1) is 12.6. The van der Waals surface area contributed by atoms with Crippen LogP contribution < -0.4 is 15.0 Å². The van der Waals surface area contributed by atoms with Crippen LogP contribution >= 0.6 is 11.8 Å². The highest BCUT2D eigenvalue weighted by Crippen LogP contribution is 2.21. The van der Waals surface area contributed by atoms with Gasteiger partial charge in [0, 0.05) is 31.2 Å². The van der Waals surface area contributed by atoms with Crippen molar-refractivity contribution < 1.29 is 9.53 Å². The first kappa shape index (κ1) is 20.2. The van der Waals surface area contributed by atoms with Crippen molar-refractivity contribution in [1.29, 1.82) is 0 Å². The van der Waals surface area contributed by atoms with Crippen LogP contribution in [0, 0.1) is 0 Å². The molecule has 0 aliphatic rings. The van der Waals surface area contributed by atoms with Gasteiger partial charge in [-0.1, -0.05) is 12.1 Å². The molecule has 0 atom stereocenters. The molecule has 0 unspecified atom stereocenters. The lowest BCUT2D eigenvalue weighted by Gasteiger charge is -2.12. The maximum atomic E-state index is 12.0. The van der Waals surface area contributed by atoms with Gasteiger partial charge >= 0.3 is 0 Å². The Morgan fingerprint density at radius 1 is 1.08 bits per heavy atom. The van der Waals surface area contributed by atoms with Crippen LogP contribution in [0.15, 0.2) is 53.4 Å². The van der Waals surface area contributed by atoms with Crippen LogP contribution in [0.1, 0.15) is 18.9 Å². The molecule has 2 rings (SSSR count). The van der Waals surface area contributed by atoms with E-state index in [0.29, 0.717) is 18.9 Å². The van der Waals surface area contributed by atoms with Crippen molar-refractivity contribution in [3.05, 3.63) is 54.1 Å². The van der Waals surface area contributed by atoms with Crippen molar-refractivity contribution >= 4 is 23.4 Å². The number of benzene rings is 2. The van der Waals surface area contributed by atoms with E-state index in [-0.39, 0.29) is 5.91 Å². The molecule has 26 heavy (non-hydrogen) atoms. The molecule has 0 saturated heterocycles. The number of anilines is 1. The lowest BCUT2D eigenvalue weighted by atomic mass is 10.1. The number of hydrogen-bond donors (Lipinski definition) is 1. The van der Waals surface area contributed by atoms with Crippen LogP contribution in [-0.2, 0) is 11.2 Å². The summed E-state index contributed by atoms with van der Waals surface area (Å²) in [6.45, 7) is 3.33. The molecule has 0 aliphatic carbocycles. The van der Waals surface area contributed by atoms with E-state index in [0.717, 1.165) is 23.5 Å². The summed E-state index contributed by atoms with van der Waals surface area (Å²) >= 11 is 1.54. The van der Waals surface area contributed by atoms with Crippen LogP contribution in [-0.4, -0.2) is 38.9 Å². The molecular formula is C21H28N2O2S. The second-order valence-electron chi connectivity index (χ2n) is 6.21. The summed E-state index contributed by atoms with van der Waals surface area (Å²) in [5.41, 5.74) is 2.50. The van der Waals surface area contributed by atoms with Gasteiger partial charge in [0.25, 0.3) is 0 Å². The van der Waals surface area contributed by atoms with Crippen molar-refractivity contribution in [3.63, 3.8) is 0 Å². The zero-order chi connectivity index (χ0) is 18.8. The number of hydrogen-bond acceptors (Lipinski definition) is 4. The van der Waals surface area contributed by atoms with Gasteiger partial charge in [-0.05, 0) is 61.7 Å². The van der Waals surface area contributed by atoms with Gasteiger partial charge in [-0.15, -0.1) is 11.8 Å². The number of carbonyl (C=O) groups is 1. The minimum Gasteiger partial charge on any atom is -0.494 e. The summed E-state index contributed by atoms with van der Waals surface area (Å²) in [5.74, 6) is 1.37. The minimum absolute atomic E-state index is 0.0758. The number of nitrogens with one attached hydrogen (secondary N) is 1. The molecule has 0 heterocycles. The van der Waals surface area contributed by atoms with E-state index < -0.39 is 0 Å². The number of thioether (sulfide) groups is 1. The molecule has 1 amide bonds. The summed E-state index contributed by atoms with van der Waals surface area (Å²) in [7, 11) is 4.08. The van der Waals surface area contributed by atoms with E-state index in [9.17, 15) is 4.79 Å². The number of nitrogens with zero attached hydrogens (tertiary/aromatic N) is 1. The summed E-state index contributed by atoms with van der Waals surface area (Å²) in [6.07, 6.45) is 1.92. The Kier molecular flexibility index (Phi) is 8.35. The van der Waals surface area contributed by atoms with Gasteiger partial charge in [0.1, 0.15) is 5.75 Å². The van der Waals surface area contributed by atoms with Crippen LogP contribution in [0.5, 0.6) is 5.75 Å². The predicted octanol–water partition coefficient (Wildman–Crippen LogP) is 3.99. The molecule has 5 heteroatoms. The Morgan fingerprint density at radius 2 is 1.77 bits per heavy atom. The fourth-order valence-electron chi connectivity index (χ4n) is 2.48. The average molecular weight is 373 g/mol. The quantitative estimate of drug-likeness (QED) is 0.506. The molecule has 0 saturated carbocycles. The summed E-state index contributed by atoms with van der Waals surface area (Å²) in [4.78, 5) is 15.1. The molecule has 0 spiro atoms. The van der Waals surface area contributed by atoms with Crippen molar-refractivity contribution in [2.75, 3.05) is 37.9 Å². The van der Waals surface area contributed by atoms with Gasteiger partial charge in [-0.3, -0.25) is 4.79 Å². The van der Waals surface area contributed by atoms with E-state index in [2.05, 4.69) is 34.5 Å². The summed E-state index contributed by atoms with van der Waals surface area (Å²) < 4.78 is 5.42. The molecule has 0 fully saturated rings. The smallest absolute Gasteiger partial charge is 0.230 e. The number of carbonyl (C=O) groups excluding carboxylic acids is 1. The Bertz CT molecular complexity index is 669. The van der Waals surface area contributed by atoms with Gasteiger partial charge in [0.05, 0.1) is 12.4 Å². The van der Waals surface area contributed by atoms with Gasteiger partial charge in [-0.25, -0.2) is 0 Å². The van der Waals surface area contributed by atoms with Crippen molar-refractivity contribution in [2.45, 2.75) is 24.7 Å². The largest absolute Gasteiger partial charge is 0.494 e. The number of aryl methyl sites for hydroxylation is 1. The van der Waals surface area contributed by atoms with Crippen molar-refractivity contribution in [2.24, 2.45) is 0 Å². The van der Waals surface area contributed by atoms with Crippen LogP contribution in [0.3, 0.4) is 0 Å². The minimum atomic E-state index is 0.0758. The Hall–Kier alpha value is -2.14. The van der Waals surface area contributed by atoms with Gasteiger partial charge in [-0.2, -0.15) is 0 Å². The third-order valence-electron chi connectivity index (χ3n) is 3.92. The third-order valence-corrected chi connectivity index (χ3v) is 4.93. The predicted molar refractivity (Wildman–Crippen MR) is 110 cm³/mol. The molecular weight excluding hydrogens is 344 g/mol. The molecule has 0 aromatic heterocycles. The summed E-state index contributed by atoms with van der Waals surface area (Å²) in [6, 6.07) is 16.4. The Morgan fingerprint density at radius 3 is 2.38 bits per heavy atom. The maximum Gasteiger partial charge on any atom is 0.230 e. The van der Waals surface area contributed by atoms with Gasteiger partial charge in [0.2, 0.25) is 5.91 Å². The van der Waals surface area contributed by atoms with Crippen molar-refractivity contribution in [1.82, 2.24) is 5.32 Å². The molecule has 0 radical (unpaired) electrons. The second-order valence-corrected chi connectivity index (χ2v) is 7.26. The number of rotatable bonds is 10. The zero-order valence-electron chi connectivity index (χ0n) is 15.8. The average Bonchev–Trinajstić information content (AvgIpc) is 2.65. The van der Waals surface area contributed by atoms with Crippen molar-refractivity contribution in [3.8, 4) is 5.75 Å². The maximum absolute atomic E-state index is 12.0. The third kappa shape index (κ3) is 7.00. The van der Waals surface area contributed by atoms with E-state index in [1.54, 1.807) is 11.8 Å². The number of ether oxygens (including phenoxy) is 1. The first-order valence-electron chi connectivity index (χ1n) is 8.97.